The van der Waals surface area contributed by atoms with Crippen molar-refractivity contribution in [1.29, 1.82) is 0 Å². The summed E-state index contributed by atoms with van der Waals surface area (Å²) in [6, 6.07) is 10.9. The van der Waals surface area contributed by atoms with Gasteiger partial charge in [-0.3, -0.25) is 4.79 Å². The van der Waals surface area contributed by atoms with E-state index in [1.54, 1.807) is 12.1 Å². The molecule has 0 heterocycles. The lowest BCUT2D eigenvalue weighted by atomic mass is 10.3. The molecule has 0 unspecified atom stereocenters. The first kappa shape index (κ1) is 15.4. The van der Waals surface area contributed by atoms with Gasteiger partial charge in [-0.05, 0) is 34.1 Å². The maximum absolute atomic E-state index is 13.5. The second-order valence-corrected chi connectivity index (χ2v) is 5.06. The lowest BCUT2D eigenvalue weighted by Crippen LogP contribution is -2.16. The first-order chi connectivity index (χ1) is 10.1. The number of rotatable bonds is 5. The van der Waals surface area contributed by atoms with Crippen molar-refractivity contribution in [2.45, 2.75) is 6.42 Å². The molecule has 1 amide bonds. The minimum atomic E-state index is -0.708. The van der Waals surface area contributed by atoms with Gasteiger partial charge in [0, 0.05) is 6.07 Å². The molecule has 0 spiro atoms. The van der Waals surface area contributed by atoms with E-state index < -0.39 is 17.5 Å². The van der Waals surface area contributed by atoms with Crippen LogP contribution in [0.1, 0.15) is 6.42 Å². The maximum Gasteiger partial charge on any atom is 0.227 e. The Labute approximate surface area is 129 Å². The van der Waals surface area contributed by atoms with Crippen LogP contribution >= 0.6 is 15.9 Å². The van der Waals surface area contributed by atoms with Crippen molar-refractivity contribution in [2.75, 3.05) is 11.9 Å². The third kappa shape index (κ3) is 4.53. The summed E-state index contributed by atoms with van der Waals surface area (Å²) in [4.78, 5) is 11.7. The van der Waals surface area contributed by atoms with Crippen LogP contribution in [-0.4, -0.2) is 12.5 Å². The smallest absolute Gasteiger partial charge is 0.227 e. The molecule has 21 heavy (non-hydrogen) atoms. The van der Waals surface area contributed by atoms with Gasteiger partial charge < -0.3 is 10.1 Å². The fraction of sp³-hybridized carbons (Fsp3) is 0.133. The van der Waals surface area contributed by atoms with Crippen LogP contribution in [0.2, 0.25) is 0 Å². The summed E-state index contributed by atoms with van der Waals surface area (Å²) >= 11 is 2.87. The maximum atomic E-state index is 13.5. The van der Waals surface area contributed by atoms with Gasteiger partial charge in [0.05, 0.1) is 23.2 Å². The Morgan fingerprint density at radius 2 is 1.86 bits per heavy atom. The van der Waals surface area contributed by atoms with E-state index in [4.69, 9.17) is 4.74 Å². The first-order valence-electron chi connectivity index (χ1n) is 6.18. The normalized spacial score (nSPS) is 10.2. The molecule has 0 radical (unpaired) electrons. The standard InChI is InChI=1S/C15H12BrF2NO2/c16-11-8-13(18)14(9-12(11)17)19-15(20)6-7-21-10-4-2-1-3-5-10/h1-5,8-9H,6-7H2,(H,19,20). The van der Waals surface area contributed by atoms with Crippen molar-refractivity contribution in [1.82, 2.24) is 0 Å². The molecule has 1 N–H and O–H groups in total. The summed E-state index contributed by atoms with van der Waals surface area (Å²) in [6.07, 6.45) is 0.0337. The van der Waals surface area contributed by atoms with E-state index in [9.17, 15) is 13.6 Å². The topological polar surface area (TPSA) is 38.3 Å². The number of carbonyl (C=O) groups is 1. The Kier molecular flexibility index (Phi) is 5.27. The Balaban J connectivity index is 1.86. The van der Waals surface area contributed by atoms with E-state index >= 15 is 0 Å². The number of hydrogen-bond acceptors (Lipinski definition) is 2. The molecular weight excluding hydrogens is 344 g/mol. The number of ether oxygens (including phenoxy) is 1. The monoisotopic (exact) mass is 355 g/mol. The summed E-state index contributed by atoms with van der Waals surface area (Å²) in [5.41, 5.74) is -0.194. The Bertz CT molecular complexity index is 635. The zero-order chi connectivity index (χ0) is 15.2. The number of benzene rings is 2. The molecule has 0 saturated heterocycles. The van der Waals surface area contributed by atoms with Crippen molar-refractivity contribution in [2.24, 2.45) is 0 Å². The van der Waals surface area contributed by atoms with Crippen LogP contribution in [0.25, 0.3) is 0 Å². The van der Waals surface area contributed by atoms with Gasteiger partial charge in [-0.15, -0.1) is 0 Å². The molecule has 0 atom stereocenters. The predicted octanol–water partition coefficient (Wildman–Crippen LogP) is 4.13. The minimum Gasteiger partial charge on any atom is -0.493 e. The number of hydrogen-bond donors (Lipinski definition) is 1. The summed E-state index contributed by atoms with van der Waals surface area (Å²) in [5.74, 6) is -1.16. The highest BCUT2D eigenvalue weighted by atomic mass is 79.9. The van der Waals surface area contributed by atoms with E-state index in [2.05, 4.69) is 21.2 Å². The van der Waals surface area contributed by atoms with E-state index in [0.717, 1.165) is 12.1 Å². The predicted molar refractivity (Wildman–Crippen MR) is 79.2 cm³/mol. The third-order valence-electron chi connectivity index (χ3n) is 2.63. The zero-order valence-electron chi connectivity index (χ0n) is 10.9. The molecule has 0 aromatic heterocycles. The third-order valence-corrected chi connectivity index (χ3v) is 3.23. The molecule has 6 heteroatoms. The Morgan fingerprint density at radius 1 is 1.14 bits per heavy atom. The molecule has 110 valence electrons. The second kappa shape index (κ2) is 7.17. The molecule has 0 aliphatic rings. The lowest BCUT2D eigenvalue weighted by molar-refractivity contribution is -0.116. The highest BCUT2D eigenvalue weighted by molar-refractivity contribution is 9.10. The average Bonchev–Trinajstić information content (AvgIpc) is 2.46. The van der Waals surface area contributed by atoms with Crippen LogP contribution in [0.3, 0.4) is 0 Å². The second-order valence-electron chi connectivity index (χ2n) is 4.21. The molecule has 0 fully saturated rings. The largest absolute Gasteiger partial charge is 0.493 e. The van der Waals surface area contributed by atoms with Crippen LogP contribution in [0.5, 0.6) is 5.75 Å². The van der Waals surface area contributed by atoms with Gasteiger partial charge in [-0.1, -0.05) is 18.2 Å². The van der Waals surface area contributed by atoms with Gasteiger partial charge in [0.1, 0.15) is 17.4 Å². The van der Waals surface area contributed by atoms with Crippen LogP contribution in [0.4, 0.5) is 14.5 Å². The van der Waals surface area contributed by atoms with Gasteiger partial charge in [0.2, 0.25) is 5.91 Å². The van der Waals surface area contributed by atoms with Gasteiger partial charge in [0.15, 0.2) is 0 Å². The quantitative estimate of drug-likeness (QED) is 0.818. The molecule has 0 aliphatic carbocycles. The number of para-hydroxylation sites is 1. The molecule has 0 bridgehead atoms. The van der Waals surface area contributed by atoms with Crippen molar-refractivity contribution < 1.29 is 18.3 Å². The van der Waals surface area contributed by atoms with Crippen LogP contribution < -0.4 is 10.1 Å². The van der Waals surface area contributed by atoms with Gasteiger partial charge in [-0.25, -0.2) is 8.78 Å². The minimum absolute atomic E-state index is 0.00501. The Hall–Kier alpha value is -1.95. The summed E-state index contributed by atoms with van der Waals surface area (Å²) in [6.45, 7) is 0.149. The highest BCUT2D eigenvalue weighted by Crippen LogP contribution is 2.23. The molecule has 2 aromatic carbocycles. The molecule has 0 saturated carbocycles. The summed E-state index contributed by atoms with van der Waals surface area (Å²) in [5, 5.41) is 2.31. The van der Waals surface area contributed by atoms with E-state index in [-0.39, 0.29) is 23.2 Å². The summed E-state index contributed by atoms with van der Waals surface area (Å²) in [7, 11) is 0. The fourth-order valence-corrected chi connectivity index (χ4v) is 1.92. The number of anilines is 1. The molecule has 2 aromatic rings. The van der Waals surface area contributed by atoms with Crippen LogP contribution in [-0.2, 0) is 4.79 Å². The molecule has 2 rings (SSSR count). The fourth-order valence-electron chi connectivity index (χ4n) is 1.61. The van der Waals surface area contributed by atoms with E-state index in [1.807, 2.05) is 18.2 Å². The van der Waals surface area contributed by atoms with Gasteiger partial charge in [-0.2, -0.15) is 0 Å². The summed E-state index contributed by atoms with van der Waals surface area (Å²) < 4.78 is 32.2. The SMILES string of the molecule is O=C(CCOc1ccccc1)Nc1cc(F)c(Br)cc1F. The van der Waals surface area contributed by atoms with E-state index in [1.165, 1.54) is 0 Å². The van der Waals surface area contributed by atoms with Crippen molar-refractivity contribution in [3.8, 4) is 5.75 Å². The highest BCUT2D eigenvalue weighted by Gasteiger charge is 2.11. The van der Waals surface area contributed by atoms with Crippen LogP contribution in [0, 0.1) is 11.6 Å². The van der Waals surface area contributed by atoms with Crippen LogP contribution in [0.15, 0.2) is 46.9 Å². The first-order valence-corrected chi connectivity index (χ1v) is 6.98. The molecule has 0 aliphatic heterocycles. The van der Waals surface area contributed by atoms with Crippen molar-refractivity contribution in [3.05, 3.63) is 58.6 Å². The Morgan fingerprint density at radius 3 is 2.57 bits per heavy atom. The van der Waals surface area contributed by atoms with Gasteiger partial charge >= 0.3 is 0 Å². The number of amides is 1. The number of halogens is 3. The van der Waals surface area contributed by atoms with Crippen molar-refractivity contribution >= 4 is 27.5 Å². The number of nitrogens with one attached hydrogen (secondary N) is 1. The molecule has 3 nitrogen and oxygen atoms in total. The van der Waals surface area contributed by atoms with E-state index in [0.29, 0.717) is 5.75 Å². The van der Waals surface area contributed by atoms with Gasteiger partial charge in [0.25, 0.3) is 0 Å². The average molecular weight is 356 g/mol. The molecular formula is C15H12BrF2NO2. The lowest BCUT2D eigenvalue weighted by Gasteiger charge is -2.08. The van der Waals surface area contributed by atoms with Crippen molar-refractivity contribution in [3.63, 3.8) is 0 Å². The zero-order valence-corrected chi connectivity index (χ0v) is 12.5. The number of carbonyl (C=O) groups excluding carboxylic acids is 1.